The Morgan fingerprint density at radius 1 is 1.00 bits per heavy atom. The lowest BCUT2D eigenvalue weighted by atomic mass is 9.98. The molecule has 1 saturated carbocycles. The number of carbonyl (C=O) groups excluding carboxylic acids is 1. The fourth-order valence-corrected chi connectivity index (χ4v) is 5.98. The van der Waals surface area contributed by atoms with Crippen molar-refractivity contribution in [2.24, 2.45) is 0 Å². The SMILES string of the molecule is CN1CCC(Oc2ccc(NC(=O)Nc3ccc(-c4cn(C5CC5)c5ncnc(N)c45)c4ccncc34)cc2C(F)(F)F)CC1. The van der Waals surface area contributed by atoms with Gasteiger partial charge in [-0.25, -0.2) is 14.8 Å². The minimum Gasteiger partial charge on any atom is -0.490 e. The van der Waals surface area contributed by atoms with Gasteiger partial charge in [-0.1, -0.05) is 6.07 Å². The number of piperidine rings is 1. The van der Waals surface area contributed by atoms with Crippen LogP contribution in [0.5, 0.6) is 5.75 Å². The summed E-state index contributed by atoms with van der Waals surface area (Å²) in [6, 6.07) is 8.67. The summed E-state index contributed by atoms with van der Waals surface area (Å²) in [6.07, 6.45) is 5.23. The zero-order valence-electron chi connectivity index (χ0n) is 24.4. The first kappa shape index (κ1) is 28.8. The van der Waals surface area contributed by atoms with Crippen LogP contribution in [0.2, 0.25) is 0 Å². The van der Waals surface area contributed by atoms with Gasteiger partial charge in [0.15, 0.2) is 0 Å². The zero-order valence-corrected chi connectivity index (χ0v) is 24.4. The Balaban J connectivity index is 1.15. The molecule has 4 N–H and O–H groups in total. The number of nitrogen functional groups attached to an aromatic ring is 1. The van der Waals surface area contributed by atoms with Gasteiger partial charge in [0.2, 0.25) is 0 Å². The van der Waals surface area contributed by atoms with Gasteiger partial charge < -0.3 is 30.6 Å². The molecule has 2 fully saturated rings. The molecule has 10 nitrogen and oxygen atoms in total. The van der Waals surface area contributed by atoms with Gasteiger partial charge >= 0.3 is 12.2 Å². The number of aromatic nitrogens is 4. The molecule has 0 bridgehead atoms. The number of nitrogens with two attached hydrogens (primary N) is 1. The van der Waals surface area contributed by atoms with Crippen LogP contribution >= 0.6 is 0 Å². The molecule has 5 aromatic rings. The summed E-state index contributed by atoms with van der Waals surface area (Å²) in [5.41, 5.74) is 8.30. The van der Waals surface area contributed by atoms with Crippen LogP contribution in [-0.4, -0.2) is 56.7 Å². The van der Waals surface area contributed by atoms with Crippen molar-refractivity contribution in [3.63, 3.8) is 0 Å². The second-order valence-corrected chi connectivity index (χ2v) is 11.6. The minimum absolute atomic E-state index is 0.0158. The third kappa shape index (κ3) is 5.70. The highest BCUT2D eigenvalue weighted by molar-refractivity contribution is 6.13. The van der Waals surface area contributed by atoms with Crippen molar-refractivity contribution in [3.05, 3.63) is 66.9 Å². The van der Waals surface area contributed by atoms with Crippen molar-refractivity contribution in [2.45, 2.75) is 44.0 Å². The van der Waals surface area contributed by atoms with Gasteiger partial charge in [0.1, 0.15) is 29.6 Å². The predicted molar refractivity (Wildman–Crippen MR) is 166 cm³/mol. The molecular formula is C32H31F3N8O2. The van der Waals surface area contributed by atoms with E-state index in [1.54, 1.807) is 18.5 Å². The monoisotopic (exact) mass is 616 g/mol. The summed E-state index contributed by atoms with van der Waals surface area (Å²) in [4.78, 5) is 28.2. The van der Waals surface area contributed by atoms with E-state index in [9.17, 15) is 18.0 Å². The molecule has 1 aliphatic carbocycles. The quantitative estimate of drug-likeness (QED) is 0.194. The number of hydrogen-bond donors (Lipinski definition) is 3. The fraction of sp³-hybridized carbons (Fsp3) is 0.312. The fourth-order valence-electron chi connectivity index (χ4n) is 5.98. The first-order valence-corrected chi connectivity index (χ1v) is 14.8. The first-order chi connectivity index (χ1) is 21.7. The standard InChI is InChI=1S/C32H31F3N8O2/c1-42-12-9-20(10-13-42)45-27-7-2-18(14-25(27)32(33,34)35)40-31(44)41-26-6-5-21(22-8-11-37-15-23(22)26)24-16-43(19-3-4-19)30-28(24)29(36)38-17-39-30/h2,5-8,11,14-17,19-20H,3-4,9-10,12-13H2,1H3,(H2,36,38,39)(H2,40,41,44). The summed E-state index contributed by atoms with van der Waals surface area (Å²) in [5, 5.41) is 7.51. The van der Waals surface area contributed by atoms with Crippen LogP contribution in [0.1, 0.15) is 37.3 Å². The Morgan fingerprint density at radius 3 is 2.56 bits per heavy atom. The Kier molecular flexibility index (Phi) is 7.19. The number of urea groups is 1. The number of nitrogens with one attached hydrogen (secondary N) is 2. The van der Waals surface area contributed by atoms with Crippen LogP contribution in [0, 0.1) is 0 Å². The zero-order chi connectivity index (χ0) is 31.3. The van der Waals surface area contributed by atoms with Gasteiger partial charge in [-0.05, 0) is 74.0 Å². The van der Waals surface area contributed by atoms with Crippen LogP contribution in [0.4, 0.5) is 35.2 Å². The molecule has 0 spiro atoms. The molecule has 1 aliphatic heterocycles. The van der Waals surface area contributed by atoms with Crippen LogP contribution in [0.25, 0.3) is 32.9 Å². The number of ether oxygens (including phenoxy) is 1. The number of hydrogen-bond acceptors (Lipinski definition) is 7. The Bertz CT molecular complexity index is 1910. The summed E-state index contributed by atoms with van der Waals surface area (Å²) in [6.45, 7) is 1.51. The number of amides is 2. The molecule has 45 heavy (non-hydrogen) atoms. The average molecular weight is 617 g/mol. The largest absolute Gasteiger partial charge is 0.490 e. The molecule has 3 aromatic heterocycles. The summed E-state index contributed by atoms with van der Waals surface area (Å²) in [5.74, 6) is 0.129. The van der Waals surface area contributed by atoms with E-state index in [2.05, 4.69) is 35.1 Å². The molecule has 1 saturated heterocycles. The van der Waals surface area contributed by atoms with Crippen molar-refractivity contribution in [3.8, 4) is 16.9 Å². The lowest BCUT2D eigenvalue weighted by Crippen LogP contribution is -2.36. The molecule has 2 aromatic carbocycles. The van der Waals surface area contributed by atoms with Gasteiger partial charge in [-0.15, -0.1) is 0 Å². The van der Waals surface area contributed by atoms with Gasteiger partial charge in [0.05, 0.1) is 16.6 Å². The molecule has 232 valence electrons. The Labute approximate surface area is 256 Å². The number of alkyl halides is 3. The second-order valence-electron chi connectivity index (χ2n) is 11.6. The molecule has 13 heteroatoms. The van der Waals surface area contributed by atoms with Gasteiger partial charge in [0.25, 0.3) is 0 Å². The number of benzene rings is 2. The minimum atomic E-state index is -4.66. The summed E-state index contributed by atoms with van der Waals surface area (Å²) in [7, 11) is 1.97. The predicted octanol–water partition coefficient (Wildman–Crippen LogP) is 6.70. The van der Waals surface area contributed by atoms with Crippen molar-refractivity contribution in [2.75, 3.05) is 36.5 Å². The van der Waals surface area contributed by atoms with Crippen molar-refractivity contribution in [1.29, 1.82) is 0 Å². The highest BCUT2D eigenvalue weighted by atomic mass is 19.4. The van der Waals surface area contributed by atoms with E-state index >= 15 is 0 Å². The lowest BCUT2D eigenvalue weighted by Gasteiger charge is -2.30. The summed E-state index contributed by atoms with van der Waals surface area (Å²) < 4.78 is 49.9. The first-order valence-electron chi connectivity index (χ1n) is 14.8. The molecule has 4 heterocycles. The van der Waals surface area contributed by atoms with Crippen molar-refractivity contribution < 1.29 is 22.7 Å². The van der Waals surface area contributed by atoms with E-state index in [-0.39, 0.29) is 17.5 Å². The number of likely N-dealkylation sites (tertiary alicyclic amines) is 1. The van der Waals surface area contributed by atoms with Gasteiger partial charge in [-0.2, -0.15) is 13.2 Å². The number of nitrogens with zero attached hydrogens (tertiary/aromatic N) is 5. The maximum Gasteiger partial charge on any atom is 0.420 e. The summed E-state index contributed by atoms with van der Waals surface area (Å²) >= 11 is 0. The van der Waals surface area contributed by atoms with Crippen LogP contribution in [0.3, 0.4) is 0 Å². The van der Waals surface area contributed by atoms with E-state index < -0.39 is 17.8 Å². The molecule has 0 unspecified atom stereocenters. The molecule has 7 rings (SSSR count). The van der Waals surface area contributed by atoms with Gasteiger partial charge in [-0.3, -0.25) is 4.98 Å². The maximum absolute atomic E-state index is 14.0. The Morgan fingerprint density at radius 2 is 1.80 bits per heavy atom. The number of halogens is 3. The molecule has 2 amide bonds. The van der Waals surface area contributed by atoms with E-state index in [0.29, 0.717) is 35.8 Å². The molecule has 0 radical (unpaired) electrons. The second kappa shape index (κ2) is 11.2. The lowest BCUT2D eigenvalue weighted by molar-refractivity contribution is -0.139. The van der Waals surface area contributed by atoms with E-state index in [1.807, 2.05) is 25.4 Å². The van der Waals surface area contributed by atoms with Crippen molar-refractivity contribution in [1.82, 2.24) is 24.4 Å². The topological polar surface area (TPSA) is 123 Å². The average Bonchev–Trinajstić information content (AvgIpc) is 3.79. The van der Waals surface area contributed by atoms with Crippen molar-refractivity contribution >= 4 is 45.0 Å². The number of anilines is 3. The normalized spacial score (nSPS) is 16.3. The molecular weight excluding hydrogens is 585 g/mol. The van der Waals surface area contributed by atoms with Crippen LogP contribution in [0.15, 0.2) is 61.3 Å². The molecule has 2 aliphatic rings. The highest BCUT2D eigenvalue weighted by Gasteiger charge is 2.36. The van der Waals surface area contributed by atoms with E-state index in [4.69, 9.17) is 10.5 Å². The van der Waals surface area contributed by atoms with Crippen LogP contribution in [-0.2, 0) is 6.18 Å². The van der Waals surface area contributed by atoms with E-state index in [0.717, 1.165) is 59.5 Å². The highest BCUT2D eigenvalue weighted by Crippen LogP contribution is 2.44. The number of rotatable bonds is 6. The number of carbonyl (C=O) groups is 1. The molecule has 0 atom stereocenters. The maximum atomic E-state index is 14.0. The van der Waals surface area contributed by atoms with E-state index in [1.165, 1.54) is 18.5 Å². The Hall–Kier alpha value is -4.91. The number of fused-ring (bicyclic) bond motifs is 2. The van der Waals surface area contributed by atoms with Gasteiger partial charge in [0, 0.05) is 54.4 Å². The third-order valence-electron chi connectivity index (χ3n) is 8.44. The van der Waals surface area contributed by atoms with Crippen LogP contribution < -0.4 is 21.1 Å². The smallest absolute Gasteiger partial charge is 0.420 e. The number of pyridine rings is 1. The third-order valence-corrected chi connectivity index (χ3v) is 8.44.